The molecule has 2 fully saturated rings. The average molecular weight is 280 g/mol. The topological polar surface area (TPSA) is 49.4 Å². The fraction of sp³-hybridized carbons (Fsp3) is 0.875. The molecule has 2 unspecified atom stereocenters. The lowest BCUT2D eigenvalue weighted by molar-refractivity contribution is -0.154. The van der Waals surface area contributed by atoms with Crippen LogP contribution in [0.1, 0.15) is 53.9 Å². The Bertz CT molecular complexity index is 394. The van der Waals surface area contributed by atoms with Crippen molar-refractivity contribution >= 4 is 11.8 Å². The number of piperazine rings is 1. The Balaban J connectivity index is 2.20. The normalized spacial score (nSPS) is 28.0. The van der Waals surface area contributed by atoms with Gasteiger partial charge >= 0.3 is 0 Å². The molecule has 114 valence electrons. The molecule has 1 saturated carbocycles. The number of hydrogen-bond donors (Lipinski definition) is 1. The van der Waals surface area contributed by atoms with Gasteiger partial charge in [0.15, 0.2) is 0 Å². The van der Waals surface area contributed by atoms with Crippen LogP contribution in [0, 0.1) is 17.3 Å². The van der Waals surface area contributed by atoms with Gasteiger partial charge in [0.1, 0.15) is 12.1 Å². The van der Waals surface area contributed by atoms with Gasteiger partial charge in [-0.05, 0) is 36.5 Å². The third kappa shape index (κ3) is 3.15. The third-order valence-corrected chi connectivity index (χ3v) is 4.27. The van der Waals surface area contributed by atoms with E-state index in [1.54, 1.807) is 0 Å². The molecule has 0 spiro atoms. The van der Waals surface area contributed by atoms with Gasteiger partial charge < -0.3 is 10.2 Å². The Morgan fingerprint density at radius 1 is 1.25 bits per heavy atom. The standard InChI is InChI=1S/C16H28N2O2/c1-10(2)8-9-18-13(16(3,4)5)14(19)17-12(15(18)20)11-6-7-11/h10-13H,6-9H2,1-5H3,(H,17,19). The fourth-order valence-electron chi connectivity index (χ4n) is 2.99. The summed E-state index contributed by atoms with van der Waals surface area (Å²) in [5.74, 6) is 1.06. The molecule has 1 heterocycles. The van der Waals surface area contributed by atoms with Crippen LogP contribution in [0.2, 0.25) is 0 Å². The van der Waals surface area contributed by atoms with Gasteiger partial charge in [0, 0.05) is 6.54 Å². The first-order valence-corrected chi connectivity index (χ1v) is 7.82. The highest BCUT2D eigenvalue weighted by Gasteiger charge is 2.49. The van der Waals surface area contributed by atoms with Crippen molar-refractivity contribution in [2.75, 3.05) is 6.54 Å². The Kier molecular flexibility index (Phi) is 4.12. The van der Waals surface area contributed by atoms with Gasteiger partial charge in [-0.25, -0.2) is 0 Å². The molecule has 20 heavy (non-hydrogen) atoms. The lowest BCUT2D eigenvalue weighted by Gasteiger charge is -2.45. The van der Waals surface area contributed by atoms with Gasteiger partial charge in [0.25, 0.3) is 0 Å². The van der Waals surface area contributed by atoms with Gasteiger partial charge in [-0.2, -0.15) is 0 Å². The smallest absolute Gasteiger partial charge is 0.246 e. The van der Waals surface area contributed by atoms with Crippen LogP contribution in [0.4, 0.5) is 0 Å². The van der Waals surface area contributed by atoms with Gasteiger partial charge in [0.05, 0.1) is 0 Å². The number of amides is 2. The Labute approximate surface area is 122 Å². The highest BCUT2D eigenvalue weighted by molar-refractivity contribution is 5.97. The van der Waals surface area contributed by atoms with Crippen molar-refractivity contribution in [2.24, 2.45) is 17.3 Å². The monoisotopic (exact) mass is 280 g/mol. The largest absolute Gasteiger partial charge is 0.342 e. The summed E-state index contributed by atoms with van der Waals surface area (Å²) in [5, 5.41) is 2.97. The predicted octanol–water partition coefficient (Wildman–Crippen LogP) is 2.18. The molecule has 1 saturated heterocycles. The molecule has 0 bridgehead atoms. The molecule has 4 nitrogen and oxygen atoms in total. The van der Waals surface area contributed by atoms with Crippen LogP contribution in [0.25, 0.3) is 0 Å². The van der Waals surface area contributed by atoms with E-state index in [0.717, 1.165) is 19.3 Å². The first-order valence-electron chi connectivity index (χ1n) is 7.82. The maximum Gasteiger partial charge on any atom is 0.246 e. The molecule has 0 aromatic carbocycles. The molecule has 2 rings (SSSR count). The minimum atomic E-state index is -0.344. The Morgan fingerprint density at radius 2 is 1.85 bits per heavy atom. The van der Waals surface area contributed by atoms with Crippen LogP contribution < -0.4 is 5.32 Å². The molecule has 0 radical (unpaired) electrons. The minimum Gasteiger partial charge on any atom is -0.342 e. The third-order valence-electron chi connectivity index (χ3n) is 4.27. The summed E-state index contributed by atoms with van der Waals surface area (Å²) >= 11 is 0. The van der Waals surface area contributed by atoms with Crippen molar-refractivity contribution in [3.05, 3.63) is 0 Å². The van der Waals surface area contributed by atoms with E-state index < -0.39 is 0 Å². The zero-order valence-electron chi connectivity index (χ0n) is 13.4. The van der Waals surface area contributed by atoms with Crippen LogP contribution in [0.5, 0.6) is 0 Å². The Morgan fingerprint density at radius 3 is 2.30 bits per heavy atom. The molecule has 0 aromatic heterocycles. The molecule has 1 aliphatic heterocycles. The van der Waals surface area contributed by atoms with E-state index in [4.69, 9.17) is 0 Å². The number of nitrogens with zero attached hydrogens (tertiary/aromatic N) is 1. The van der Waals surface area contributed by atoms with E-state index in [2.05, 4.69) is 19.2 Å². The molecule has 0 aromatic rings. The first-order chi connectivity index (χ1) is 9.21. The predicted molar refractivity (Wildman–Crippen MR) is 79.1 cm³/mol. The van der Waals surface area contributed by atoms with Gasteiger partial charge in [-0.15, -0.1) is 0 Å². The Hall–Kier alpha value is -1.06. The highest BCUT2D eigenvalue weighted by Crippen LogP contribution is 2.37. The average Bonchev–Trinajstić information content (AvgIpc) is 3.11. The maximum absolute atomic E-state index is 12.7. The van der Waals surface area contributed by atoms with Crippen LogP contribution in [-0.2, 0) is 9.59 Å². The van der Waals surface area contributed by atoms with Crippen LogP contribution in [0.15, 0.2) is 0 Å². The van der Waals surface area contributed by atoms with E-state index in [0.29, 0.717) is 18.4 Å². The second kappa shape index (κ2) is 5.38. The van der Waals surface area contributed by atoms with Crippen molar-refractivity contribution in [1.82, 2.24) is 10.2 Å². The first kappa shape index (κ1) is 15.3. The van der Waals surface area contributed by atoms with Crippen molar-refractivity contribution < 1.29 is 9.59 Å². The molecule has 2 aliphatic rings. The lowest BCUT2D eigenvalue weighted by Crippen LogP contribution is -2.67. The number of rotatable bonds is 4. The summed E-state index contributed by atoms with van der Waals surface area (Å²) in [5.41, 5.74) is -0.231. The van der Waals surface area contributed by atoms with Crippen molar-refractivity contribution in [3.8, 4) is 0 Å². The number of hydrogen-bond acceptors (Lipinski definition) is 2. The van der Waals surface area contributed by atoms with Crippen molar-refractivity contribution in [1.29, 1.82) is 0 Å². The number of carbonyl (C=O) groups is 2. The summed E-state index contributed by atoms with van der Waals surface area (Å²) in [6.07, 6.45) is 3.08. The minimum absolute atomic E-state index is 0.0257. The number of nitrogens with one attached hydrogen (secondary N) is 1. The quantitative estimate of drug-likeness (QED) is 0.858. The summed E-state index contributed by atoms with van der Waals surface area (Å²) < 4.78 is 0. The zero-order valence-corrected chi connectivity index (χ0v) is 13.4. The molecule has 2 amide bonds. The van der Waals surface area contributed by atoms with Gasteiger partial charge in [0.2, 0.25) is 11.8 Å². The van der Waals surface area contributed by atoms with E-state index in [-0.39, 0.29) is 29.3 Å². The highest BCUT2D eigenvalue weighted by atomic mass is 16.2. The second-order valence-electron chi connectivity index (χ2n) is 7.81. The van der Waals surface area contributed by atoms with Crippen LogP contribution >= 0.6 is 0 Å². The summed E-state index contributed by atoms with van der Waals surface area (Å²) in [7, 11) is 0. The van der Waals surface area contributed by atoms with E-state index in [9.17, 15) is 9.59 Å². The summed E-state index contributed by atoms with van der Waals surface area (Å²) in [4.78, 5) is 27.1. The molecule has 1 aliphatic carbocycles. The molecule has 1 N–H and O–H groups in total. The van der Waals surface area contributed by atoms with Crippen molar-refractivity contribution in [2.45, 2.75) is 66.0 Å². The summed E-state index contributed by atoms with van der Waals surface area (Å²) in [6.45, 7) is 11.1. The number of carbonyl (C=O) groups excluding carboxylic acids is 2. The maximum atomic E-state index is 12.7. The lowest BCUT2D eigenvalue weighted by atomic mass is 9.82. The van der Waals surface area contributed by atoms with E-state index in [1.165, 1.54) is 0 Å². The zero-order chi connectivity index (χ0) is 15.1. The molecular weight excluding hydrogens is 252 g/mol. The van der Waals surface area contributed by atoms with Gasteiger partial charge in [-0.3, -0.25) is 9.59 Å². The van der Waals surface area contributed by atoms with Crippen LogP contribution in [-0.4, -0.2) is 35.3 Å². The van der Waals surface area contributed by atoms with Gasteiger partial charge in [-0.1, -0.05) is 34.6 Å². The van der Waals surface area contributed by atoms with Crippen LogP contribution in [0.3, 0.4) is 0 Å². The molecule has 2 atom stereocenters. The van der Waals surface area contributed by atoms with E-state index >= 15 is 0 Å². The molecule has 4 heteroatoms. The van der Waals surface area contributed by atoms with E-state index in [1.807, 2.05) is 25.7 Å². The molecular formula is C16H28N2O2. The fourth-order valence-corrected chi connectivity index (χ4v) is 2.99. The SMILES string of the molecule is CC(C)CCN1C(=O)C(C2CC2)NC(=O)C1C(C)(C)C. The van der Waals surface area contributed by atoms with Crippen molar-refractivity contribution in [3.63, 3.8) is 0 Å². The second-order valence-corrected chi connectivity index (χ2v) is 7.81. The summed E-state index contributed by atoms with van der Waals surface area (Å²) in [6, 6.07) is -0.614.